The normalized spacial score (nSPS) is 13.6. The fraction of sp³-hybridized carbons (Fsp3) is 0.118. The lowest BCUT2D eigenvalue weighted by Crippen LogP contribution is -2.23. The standard InChI is InChI=1S/C17H13N3O3/c1-18-8-7-11-5-6-13(9-15(11)18)19-10-12-3-2-4-14(20(22)23)16(12)17(19)21/h2-9H,10H2,1H3. The number of rotatable bonds is 2. The monoisotopic (exact) mass is 307 g/mol. The molecule has 2 heterocycles. The van der Waals surface area contributed by atoms with Gasteiger partial charge in [0, 0.05) is 30.5 Å². The number of nitrogens with zero attached hydrogens (tertiary/aromatic N) is 3. The maximum absolute atomic E-state index is 12.7. The van der Waals surface area contributed by atoms with Gasteiger partial charge in [0.2, 0.25) is 0 Å². The SMILES string of the molecule is Cn1ccc2ccc(N3Cc4cccc([N+](=O)[O-])c4C3=O)cc21. The highest BCUT2D eigenvalue weighted by Crippen LogP contribution is 2.34. The zero-order chi connectivity index (χ0) is 16.1. The zero-order valence-corrected chi connectivity index (χ0v) is 12.4. The molecule has 1 aromatic heterocycles. The van der Waals surface area contributed by atoms with Gasteiger partial charge in [0.05, 0.1) is 11.5 Å². The van der Waals surface area contributed by atoms with Crippen LogP contribution in [0.25, 0.3) is 10.9 Å². The first-order valence-electron chi connectivity index (χ1n) is 7.19. The van der Waals surface area contributed by atoms with Gasteiger partial charge in [0.15, 0.2) is 0 Å². The number of anilines is 1. The van der Waals surface area contributed by atoms with Crippen LogP contribution in [0.4, 0.5) is 11.4 Å². The molecule has 0 radical (unpaired) electrons. The van der Waals surface area contributed by atoms with E-state index >= 15 is 0 Å². The van der Waals surface area contributed by atoms with E-state index < -0.39 is 4.92 Å². The third kappa shape index (κ3) is 1.92. The van der Waals surface area contributed by atoms with E-state index in [1.54, 1.807) is 17.0 Å². The van der Waals surface area contributed by atoms with E-state index in [1.807, 2.05) is 42.1 Å². The summed E-state index contributed by atoms with van der Waals surface area (Å²) in [5.41, 5.74) is 2.52. The minimum Gasteiger partial charge on any atom is -0.350 e. The van der Waals surface area contributed by atoms with Gasteiger partial charge in [-0.2, -0.15) is 0 Å². The Bertz CT molecular complexity index is 974. The van der Waals surface area contributed by atoms with Crippen LogP contribution in [0.3, 0.4) is 0 Å². The Kier molecular flexibility index (Phi) is 2.74. The van der Waals surface area contributed by atoms with Crippen molar-refractivity contribution in [3.8, 4) is 0 Å². The molecule has 0 N–H and O–H groups in total. The van der Waals surface area contributed by atoms with E-state index in [0.29, 0.717) is 12.1 Å². The molecule has 23 heavy (non-hydrogen) atoms. The second-order valence-electron chi connectivity index (χ2n) is 5.63. The summed E-state index contributed by atoms with van der Waals surface area (Å²) in [4.78, 5) is 25.0. The summed E-state index contributed by atoms with van der Waals surface area (Å²) in [5.74, 6) is -0.319. The zero-order valence-electron chi connectivity index (χ0n) is 12.4. The molecular formula is C17H13N3O3. The third-order valence-corrected chi connectivity index (χ3v) is 4.30. The summed E-state index contributed by atoms with van der Waals surface area (Å²) in [6.07, 6.45) is 1.96. The average molecular weight is 307 g/mol. The van der Waals surface area contributed by atoms with E-state index in [-0.39, 0.29) is 17.2 Å². The second kappa shape index (κ2) is 4.67. The summed E-state index contributed by atoms with van der Waals surface area (Å²) >= 11 is 0. The molecule has 114 valence electrons. The number of aryl methyl sites for hydroxylation is 1. The molecule has 1 aliphatic rings. The van der Waals surface area contributed by atoms with Crippen molar-refractivity contribution < 1.29 is 9.72 Å². The molecule has 0 bridgehead atoms. The minimum absolute atomic E-state index is 0.130. The molecule has 3 aromatic rings. The predicted octanol–water partition coefficient (Wildman–Crippen LogP) is 3.25. The van der Waals surface area contributed by atoms with Gasteiger partial charge in [-0.25, -0.2) is 0 Å². The van der Waals surface area contributed by atoms with E-state index in [2.05, 4.69) is 0 Å². The van der Waals surface area contributed by atoms with Crippen molar-refractivity contribution >= 4 is 28.2 Å². The molecule has 1 amide bonds. The summed E-state index contributed by atoms with van der Waals surface area (Å²) in [5, 5.41) is 12.3. The third-order valence-electron chi connectivity index (χ3n) is 4.30. The van der Waals surface area contributed by atoms with Crippen molar-refractivity contribution in [3.05, 3.63) is 69.9 Å². The van der Waals surface area contributed by atoms with Crippen LogP contribution >= 0.6 is 0 Å². The largest absolute Gasteiger partial charge is 0.350 e. The van der Waals surface area contributed by atoms with Gasteiger partial charge in [-0.15, -0.1) is 0 Å². The lowest BCUT2D eigenvalue weighted by molar-refractivity contribution is -0.385. The molecule has 0 fully saturated rings. The summed E-state index contributed by atoms with van der Waals surface area (Å²) < 4.78 is 1.98. The van der Waals surface area contributed by atoms with Crippen LogP contribution in [-0.2, 0) is 13.6 Å². The number of carbonyl (C=O) groups excluding carboxylic acids is 1. The Labute approximate surface area is 131 Å². The molecule has 0 atom stereocenters. The van der Waals surface area contributed by atoms with Gasteiger partial charge < -0.3 is 9.47 Å². The molecule has 6 heteroatoms. The van der Waals surface area contributed by atoms with Crippen LogP contribution in [0.2, 0.25) is 0 Å². The van der Waals surface area contributed by atoms with E-state index in [1.165, 1.54) is 6.07 Å². The van der Waals surface area contributed by atoms with Crippen LogP contribution < -0.4 is 4.90 Å². The number of carbonyl (C=O) groups is 1. The molecule has 0 saturated heterocycles. The Balaban J connectivity index is 1.82. The topological polar surface area (TPSA) is 68.4 Å². The van der Waals surface area contributed by atoms with Crippen molar-refractivity contribution in [2.24, 2.45) is 7.05 Å². The van der Waals surface area contributed by atoms with Crippen molar-refractivity contribution in [3.63, 3.8) is 0 Å². The molecule has 0 unspecified atom stereocenters. The number of aromatic nitrogens is 1. The van der Waals surface area contributed by atoms with Gasteiger partial charge in [-0.3, -0.25) is 14.9 Å². The van der Waals surface area contributed by atoms with Crippen LogP contribution in [0, 0.1) is 10.1 Å². The van der Waals surface area contributed by atoms with Gasteiger partial charge in [-0.05, 0) is 29.1 Å². The van der Waals surface area contributed by atoms with Crippen molar-refractivity contribution in [2.75, 3.05) is 4.90 Å². The number of hydrogen-bond acceptors (Lipinski definition) is 3. The van der Waals surface area contributed by atoms with Crippen molar-refractivity contribution in [2.45, 2.75) is 6.54 Å². The maximum Gasteiger partial charge on any atom is 0.282 e. The van der Waals surface area contributed by atoms with Crippen molar-refractivity contribution in [1.82, 2.24) is 4.57 Å². The number of benzene rings is 2. The number of nitro benzene ring substituents is 1. The highest BCUT2D eigenvalue weighted by atomic mass is 16.6. The number of fused-ring (bicyclic) bond motifs is 2. The lowest BCUT2D eigenvalue weighted by atomic mass is 10.1. The molecule has 0 saturated carbocycles. The molecule has 6 nitrogen and oxygen atoms in total. The van der Waals surface area contributed by atoms with Crippen LogP contribution in [-0.4, -0.2) is 15.4 Å². The highest BCUT2D eigenvalue weighted by molar-refractivity contribution is 6.13. The Morgan fingerprint density at radius 2 is 2.00 bits per heavy atom. The summed E-state index contributed by atoms with van der Waals surface area (Å²) in [7, 11) is 1.94. The fourth-order valence-corrected chi connectivity index (χ4v) is 3.12. The maximum atomic E-state index is 12.7. The average Bonchev–Trinajstić information content (AvgIpc) is 3.08. The van der Waals surface area contributed by atoms with Gasteiger partial charge >= 0.3 is 0 Å². The number of hydrogen-bond donors (Lipinski definition) is 0. The Morgan fingerprint density at radius 3 is 2.78 bits per heavy atom. The van der Waals surface area contributed by atoms with Crippen LogP contribution in [0.1, 0.15) is 15.9 Å². The quantitative estimate of drug-likeness (QED) is 0.539. The van der Waals surface area contributed by atoms with Gasteiger partial charge in [0.25, 0.3) is 11.6 Å². The molecule has 0 spiro atoms. The smallest absolute Gasteiger partial charge is 0.282 e. The van der Waals surface area contributed by atoms with Gasteiger partial charge in [0.1, 0.15) is 5.56 Å². The number of amides is 1. The lowest BCUT2D eigenvalue weighted by Gasteiger charge is -2.16. The molecular weight excluding hydrogens is 294 g/mol. The van der Waals surface area contributed by atoms with E-state index in [9.17, 15) is 14.9 Å². The van der Waals surface area contributed by atoms with Gasteiger partial charge in [-0.1, -0.05) is 18.2 Å². The summed E-state index contributed by atoms with van der Waals surface area (Å²) in [6.45, 7) is 0.353. The van der Waals surface area contributed by atoms with Crippen LogP contribution in [0.5, 0.6) is 0 Å². The molecule has 1 aliphatic heterocycles. The first-order chi connectivity index (χ1) is 11.1. The predicted molar refractivity (Wildman–Crippen MR) is 86.5 cm³/mol. The molecule has 2 aromatic carbocycles. The Morgan fingerprint density at radius 1 is 1.17 bits per heavy atom. The first kappa shape index (κ1) is 13.5. The highest BCUT2D eigenvalue weighted by Gasteiger charge is 2.35. The van der Waals surface area contributed by atoms with Crippen molar-refractivity contribution in [1.29, 1.82) is 0 Å². The second-order valence-corrected chi connectivity index (χ2v) is 5.63. The molecule has 4 rings (SSSR count). The summed E-state index contributed by atoms with van der Waals surface area (Å²) in [6, 6.07) is 12.5. The van der Waals surface area contributed by atoms with Crippen LogP contribution in [0.15, 0.2) is 48.7 Å². The minimum atomic E-state index is -0.499. The number of nitro groups is 1. The van der Waals surface area contributed by atoms with E-state index in [4.69, 9.17) is 0 Å². The first-order valence-corrected chi connectivity index (χ1v) is 7.19. The van der Waals surface area contributed by atoms with E-state index in [0.717, 1.165) is 16.6 Å². The molecule has 0 aliphatic carbocycles. The fourth-order valence-electron chi connectivity index (χ4n) is 3.12. The Hall–Kier alpha value is -3.15.